The number of alkyl halides is 1. The number of nitrogens with zero attached hydrogens (tertiary/aromatic N) is 3. The third kappa shape index (κ3) is 1.61. The van der Waals surface area contributed by atoms with Crippen LogP contribution in [0.3, 0.4) is 0 Å². The summed E-state index contributed by atoms with van der Waals surface area (Å²) in [5.41, 5.74) is 0. The van der Waals surface area contributed by atoms with Gasteiger partial charge in [0.25, 0.3) is 0 Å². The van der Waals surface area contributed by atoms with Crippen LogP contribution in [0.1, 0.15) is 25.5 Å². The molecule has 0 radical (unpaired) electrons. The van der Waals surface area contributed by atoms with Crippen molar-refractivity contribution < 1.29 is 0 Å². The van der Waals surface area contributed by atoms with Crippen LogP contribution in [0.15, 0.2) is 0 Å². The van der Waals surface area contributed by atoms with Crippen molar-refractivity contribution in [2.75, 3.05) is 0 Å². The molecule has 11 heavy (non-hydrogen) atoms. The summed E-state index contributed by atoms with van der Waals surface area (Å²) < 4.78 is 2.13. The zero-order chi connectivity index (χ0) is 8.27. The van der Waals surface area contributed by atoms with Crippen molar-refractivity contribution in [2.45, 2.75) is 32.1 Å². The second-order valence-corrected chi connectivity index (χ2v) is 2.82. The van der Waals surface area contributed by atoms with Crippen LogP contribution in [0.2, 0.25) is 0 Å². The highest BCUT2D eigenvalue weighted by atomic mass is 79.9. The van der Waals surface area contributed by atoms with Crippen molar-refractivity contribution in [3.8, 4) is 0 Å². The summed E-state index contributed by atoms with van der Waals surface area (Å²) in [5.74, 6) is 2.09. The van der Waals surface area contributed by atoms with Gasteiger partial charge in [0, 0.05) is 13.0 Å². The van der Waals surface area contributed by atoms with Crippen LogP contribution >= 0.6 is 15.9 Å². The first kappa shape index (κ1) is 8.71. The van der Waals surface area contributed by atoms with E-state index in [0.717, 1.165) is 29.9 Å². The van der Waals surface area contributed by atoms with Gasteiger partial charge >= 0.3 is 0 Å². The fourth-order valence-corrected chi connectivity index (χ4v) is 1.51. The Balaban J connectivity index is 2.99. The number of hydrogen-bond donors (Lipinski definition) is 0. The third-order valence-electron chi connectivity index (χ3n) is 1.66. The first-order valence-corrected chi connectivity index (χ1v) is 4.92. The van der Waals surface area contributed by atoms with Crippen LogP contribution in [0.25, 0.3) is 0 Å². The van der Waals surface area contributed by atoms with E-state index >= 15 is 0 Å². The lowest BCUT2D eigenvalue weighted by atomic mass is 10.4. The molecule has 0 spiro atoms. The van der Waals surface area contributed by atoms with Crippen molar-refractivity contribution in [2.24, 2.45) is 0 Å². The smallest absolute Gasteiger partial charge is 0.143 e. The predicted octanol–water partition coefficient (Wildman–Crippen LogP) is 1.76. The molecule has 1 aromatic rings. The van der Waals surface area contributed by atoms with E-state index in [0.29, 0.717) is 0 Å². The zero-order valence-electron chi connectivity index (χ0n) is 6.84. The van der Waals surface area contributed by atoms with Crippen LogP contribution in [0, 0.1) is 0 Å². The molecule has 0 aliphatic rings. The standard InChI is InChI=1S/C7H12BrN3/c1-3-6-9-10-7(5-8)11(6)4-2/h3-5H2,1-2H3. The molecule has 0 saturated heterocycles. The summed E-state index contributed by atoms with van der Waals surface area (Å²) in [7, 11) is 0. The van der Waals surface area contributed by atoms with Gasteiger partial charge in [0.05, 0.1) is 5.33 Å². The van der Waals surface area contributed by atoms with E-state index < -0.39 is 0 Å². The quantitative estimate of drug-likeness (QED) is 0.723. The van der Waals surface area contributed by atoms with Gasteiger partial charge in [0.15, 0.2) is 0 Å². The average Bonchev–Trinajstić information content (AvgIpc) is 2.45. The highest BCUT2D eigenvalue weighted by Gasteiger charge is 2.06. The molecule has 0 fully saturated rings. The van der Waals surface area contributed by atoms with Crippen LogP contribution in [-0.2, 0) is 18.3 Å². The molecule has 0 aromatic carbocycles. The van der Waals surface area contributed by atoms with Crippen LogP contribution in [0.4, 0.5) is 0 Å². The van der Waals surface area contributed by atoms with Crippen molar-refractivity contribution >= 4 is 15.9 Å². The normalized spacial score (nSPS) is 10.5. The van der Waals surface area contributed by atoms with Crippen LogP contribution in [0.5, 0.6) is 0 Å². The zero-order valence-corrected chi connectivity index (χ0v) is 8.43. The third-order valence-corrected chi connectivity index (χ3v) is 2.16. The van der Waals surface area contributed by atoms with Crippen LogP contribution in [-0.4, -0.2) is 14.8 Å². The molecule has 0 unspecified atom stereocenters. The molecule has 0 bridgehead atoms. The van der Waals surface area contributed by atoms with Crippen molar-refractivity contribution in [1.82, 2.24) is 14.8 Å². The number of hydrogen-bond acceptors (Lipinski definition) is 2. The first-order valence-electron chi connectivity index (χ1n) is 3.80. The number of rotatable bonds is 3. The maximum atomic E-state index is 4.06. The summed E-state index contributed by atoms with van der Waals surface area (Å²) in [5, 5.41) is 8.89. The number of aryl methyl sites for hydroxylation is 1. The molecule has 0 N–H and O–H groups in total. The monoisotopic (exact) mass is 217 g/mol. The Bertz CT molecular complexity index is 210. The summed E-state index contributed by atoms with van der Waals surface area (Å²) in [4.78, 5) is 0. The van der Waals surface area contributed by atoms with E-state index in [1.54, 1.807) is 0 Å². The van der Waals surface area contributed by atoms with Gasteiger partial charge in [-0.2, -0.15) is 0 Å². The maximum Gasteiger partial charge on any atom is 0.143 e. The van der Waals surface area contributed by atoms with Gasteiger partial charge in [0.1, 0.15) is 11.6 Å². The van der Waals surface area contributed by atoms with Gasteiger partial charge in [-0.3, -0.25) is 0 Å². The number of aromatic nitrogens is 3. The Morgan fingerprint density at radius 1 is 1.27 bits per heavy atom. The van der Waals surface area contributed by atoms with E-state index in [4.69, 9.17) is 0 Å². The molecule has 0 aliphatic carbocycles. The molecular weight excluding hydrogens is 206 g/mol. The van der Waals surface area contributed by atoms with Gasteiger partial charge < -0.3 is 4.57 Å². The molecule has 3 nitrogen and oxygen atoms in total. The fourth-order valence-electron chi connectivity index (χ4n) is 1.10. The Hall–Kier alpha value is -0.380. The predicted molar refractivity (Wildman–Crippen MR) is 47.7 cm³/mol. The van der Waals surface area contributed by atoms with Crippen molar-refractivity contribution in [3.63, 3.8) is 0 Å². The van der Waals surface area contributed by atoms with Crippen molar-refractivity contribution in [1.29, 1.82) is 0 Å². The molecule has 0 saturated carbocycles. The van der Waals surface area contributed by atoms with Gasteiger partial charge in [-0.15, -0.1) is 10.2 Å². The molecule has 1 heterocycles. The highest BCUT2D eigenvalue weighted by Crippen LogP contribution is 2.06. The molecule has 0 aliphatic heterocycles. The first-order chi connectivity index (χ1) is 5.33. The summed E-state index contributed by atoms with van der Waals surface area (Å²) in [6, 6.07) is 0. The molecular formula is C7H12BrN3. The molecule has 62 valence electrons. The van der Waals surface area contributed by atoms with E-state index in [1.165, 1.54) is 0 Å². The van der Waals surface area contributed by atoms with E-state index in [-0.39, 0.29) is 0 Å². The molecule has 0 atom stereocenters. The second-order valence-electron chi connectivity index (χ2n) is 2.26. The van der Waals surface area contributed by atoms with E-state index in [2.05, 4.69) is 44.5 Å². The molecule has 4 heteroatoms. The lowest BCUT2D eigenvalue weighted by Crippen LogP contribution is -2.03. The maximum absolute atomic E-state index is 4.06. The minimum atomic E-state index is 0.786. The van der Waals surface area contributed by atoms with Crippen LogP contribution < -0.4 is 0 Å². The SMILES string of the molecule is CCc1nnc(CBr)n1CC. The summed E-state index contributed by atoms with van der Waals surface area (Å²) in [6.07, 6.45) is 0.952. The van der Waals surface area contributed by atoms with Gasteiger partial charge in [-0.25, -0.2) is 0 Å². The Morgan fingerprint density at radius 3 is 2.36 bits per heavy atom. The average molecular weight is 218 g/mol. The lowest BCUT2D eigenvalue weighted by Gasteiger charge is -2.02. The largest absolute Gasteiger partial charge is 0.315 e. The Kier molecular flexibility index (Phi) is 3.05. The minimum Gasteiger partial charge on any atom is -0.315 e. The second kappa shape index (κ2) is 3.85. The van der Waals surface area contributed by atoms with Gasteiger partial charge in [-0.1, -0.05) is 22.9 Å². The summed E-state index contributed by atoms with van der Waals surface area (Å²) in [6.45, 7) is 5.15. The number of halogens is 1. The van der Waals surface area contributed by atoms with Gasteiger partial charge in [-0.05, 0) is 6.92 Å². The topological polar surface area (TPSA) is 30.7 Å². The highest BCUT2D eigenvalue weighted by molar-refractivity contribution is 9.08. The lowest BCUT2D eigenvalue weighted by molar-refractivity contribution is 0.683. The molecule has 1 aromatic heterocycles. The van der Waals surface area contributed by atoms with E-state index in [9.17, 15) is 0 Å². The minimum absolute atomic E-state index is 0.786. The Labute approximate surface area is 75.0 Å². The van der Waals surface area contributed by atoms with Gasteiger partial charge in [0.2, 0.25) is 0 Å². The summed E-state index contributed by atoms with van der Waals surface area (Å²) >= 11 is 3.37. The van der Waals surface area contributed by atoms with Crippen molar-refractivity contribution in [3.05, 3.63) is 11.6 Å². The van der Waals surface area contributed by atoms with E-state index in [1.807, 2.05) is 0 Å². The molecule has 1 rings (SSSR count). The molecule has 0 amide bonds. The Morgan fingerprint density at radius 2 is 1.91 bits per heavy atom. The fraction of sp³-hybridized carbons (Fsp3) is 0.714.